The number of unbranched alkanes of at least 4 members (excludes halogenated alkanes) is 1. The molecule has 0 amide bonds. The van der Waals surface area contributed by atoms with Crippen molar-refractivity contribution in [1.82, 2.24) is 13.6 Å². The quantitative estimate of drug-likeness (QED) is 0.0924. The van der Waals surface area contributed by atoms with Gasteiger partial charge in [0, 0.05) is 49.7 Å². The Morgan fingerprint density at radius 2 is 1.67 bits per heavy atom. The Morgan fingerprint density at radius 1 is 0.941 bits per heavy atom. The van der Waals surface area contributed by atoms with Crippen LogP contribution in [0.4, 0.5) is 5.69 Å². The summed E-state index contributed by atoms with van der Waals surface area (Å²) in [5, 5.41) is 0.924. The Kier molecular flexibility index (Phi) is 9.73. The zero-order chi connectivity index (χ0) is 36.0. The van der Waals surface area contributed by atoms with Crippen molar-refractivity contribution < 1.29 is 30.5 Å². The van der Waals surface area contributed by atoms with Gasteiger partial charge < -0.3 is 0 Å². The van der Waals surface area contributed by atoms with Crippen LogP contribution in [0.25, 0.3) is 28.1 Å². The lowest BCUT2D eigenvalue weighted by Crippen LogP contribution is -2.52. The third-order valence-electron chi connectivity index (χ3n) is 9.55. The number of imidazole rings is 1. The second-order valence-electron chi connectivity index (χ2n) is 12.6. The zero-order valence-electron chi connectivity index (χ0n) is 27.8. The number of fused-ring (bicyclic) bond motifs is 3. The van der Waals surface area contributed by atoms with Crippen LogP contribution in [0, 0.1) is 0 Å². The predicted molar refractivity (Wildman–Crippen MR) is 202 cm³/mol. The average molecular weight is 767 g/mol. The van der Waals surface area contributed by atoms with Crippen LogP contribution in [0.3, 0.4) is 0 Å². The van der Waals surface area contributed by atoms with Crippen molar-refractivity contribution in [2.24, 2.45) is 0 Å². The summed E-state index contributed by atoms with van der Waals surface area (Å²) in [5.74, 6) is -0.316. The summed E-state index contributed by atoms with van der Waals surface area (Å²) in [7, 11) is -8.47. The fourth-order valence-electron chi connectivity index (χ4n) is 7.37. The SMILES string of the molecule is CCn1c(=O)c(=CC=C2Sc3ccccc3[N+]23CCCC3S(=O)(=O)O)n(-c2ccccc2)c1=Cc1sc2ccccc2[n+]1CCCCS(=O)(=O)O. The second-order valence-corrected chi connectivity index (χ2v) is 17.9. The third-order valence-corrected chi connectivity index (χ3v) is 14.0. The number of rotatable bonds is 10. The molecule has 11 nitrogen and oxygen atoms in total. The van der Waals surface area contributed by atoms with Gasteiger partial charge in [-0.3, -0.25) is 23.0 Å². The van der Waals surface area contributed by atoms with Gasteiger partial charge in [0.15, 0.2) is 17.3 Å². The van der Waals surface area contributed by atoms with E-state index in [-0.39, 0.29) is 15.8 Å². The van der Waals surface area contributed by atoms with E-state index in [9.17, 15) is 30.7 Å². The van der Waals surface area contributed by atoms with Gasteiger partial charge in [-0.05, 0) is 55.4 Å². The number of thiazole rings is 1. The topological polar surface area (TPSA) is 140 Å². The minimum atomic E-state index is -4.40. The van der Waals surface area contributed by atoms with Crippen molar-refractivity contribution in [3.8, 4) is 5.69 Å². The van der Waals surface area contributed by atoms with Gasteiger partial charge in [0.1, 0.15) is 15.5 Å². The van der Waals surface area contributed by atoms with E-state index in [0.717, 1.165) is 36.5 Å². The fourth-order valence-corrected chi connectivity index (χ4v) is 11.7. The standard InChI is InChI=1S/C36H36N4O7S4/c1-2-37-32(25-33-38(22-10-11-24-50(42,43)44)27-15-6-8-17-30(27)48-33)39(26-13-4-3-5-14-26)28(36(37)41)20-21-34-40(23-12-19-35(40)51(45,46)47)29-16-7-9-18-31(29)49-34/h3-9,13-18,20-21,25,35H,2,10-12,19,22-24H2,1H3/p+2. The van der Waals surface area contributed by atoms with Crippen molar-refractivity contribution in [1.29, 1.82) is 0 Å². The van der Waals surface area contributed by atoms with Crippen LogP contribution in [-0.4, -0.2) is 52.7 Å². The largest absolute Gasteiger partial charge is 0.320 e. The number of nitrogens with zero attached hydrogens (tertiary/aromatic N) is 4. The van der Waals surface area contributed by atoms with Crippen LogP contribution < -0.4 is 25.4 Å². The zero-order valence-corrected chi connectivity index (χ0v) is 31.1. The first-order valence-corrected chi connectivity index (χ1v) is 21.5. The molecule has 2 unspecified atom stereocenters. The molecular formula is C36H38N4O7S4+2. The molecule has 7 rings (SSSR count). The number of thioether (sulfide) groups is 1. The molecule has 2 aromatic heterocycles. The summed E-state index contributed by atoms with van der Waals surface area (Å²) in [5.41, 5.74) is 2.99. The number of allylic oxidation sites excluding steroid dienone is 1. The lowest BCUT2D eigenvalue weighted by Gasteiger charge is -2.34. The monoisotopic (exact) mass is 766 g/mol. The molecule has 2 aliphatic heterocycles. The highest BCUT2D eigenvalue weighted by molar-refractivity contribution is 8.03. The molecule has 0 bridgehead atoms. The van der Waals surface area contributed by atoms with E-state index in [0.29, 0.717) is 56.1 Å². The maximum Gasteiger partial charge on any atom is 0.320 e. The van der Waals surface area contributed by atoms with Crippen molar-refractivity contribution >= 4 is 71.4 Å². The maximum absolute atomic E-state index is 14.4. The number of hydrogen-bond donors (Lipinski definition) is 2. The van der Waals surface area contributed by atoms with Crippen LogP contribution in [0.15, 0.2) is 99.7 Å². The summed E-state index contributed by atoms with van der Waals surface area (Å²) in [6.07, 6.45) is 7.33. The van der Waals surface area contributed by atoms with E-state index in [1.54, 1.807) is 22.0 Å². The van der Waals surface area contributed by atoms with Crippen LogP contribution in [0.5, 0.6) is 0 Å². The average Bonchev–Trinajstić information content (AvgIpc) is 3.84. The van der Waals surface area contributed by atoms with Crippen molar-refractivity contribution in [3.05, 3.63) is 116 Å². The Hall–Kier alpha value is -3.83. The van der Waals surface area contributed by atoms with Gasteiger partial charge in [-0.1, -0.05) is 53.8 Å². The Labute approximate surface area is 304 Å². The molecule has 51 heavy (non-hydrogen) atoms. The van der Waals surface area contributed by atoms with E-state index in [1.807, 2.05) is 103 Å². The molecule has 2 N–H and O–H groups in total. The van der Waals surface area contributed by atoms with Gasteiger partial charge in [0.05, 0.1) is 23.3 Å². The van der Waals surface area contributed by atoms with Gasteiger partial charge >= 0.3 is 10.1 Å². The molecule has 2 aliphatic rings. The minimum absolute atomic E-state index is 0.0114. The Bertz CT molecular complexity index is 2580. The van der Waals surface area contributed by atoms with E-state index in [4.69, 9.17) is 0 Å². The molecule has 5 aromatic rings. The van der Waals surface area contributed by atoms with E-state index < -0.39 is 25.6 Å². The first-order chi connectivity index (χ1) is 24.4. The molecule has 1 spiro atoms. The molecule has 4 heterocycles. The van der Waals surface area contributed by atoms with Crippen molar-refractivity contribution in [2.75, 3.05) is 12.3 Å². The molecule has 1 saturated heterocycles. The molecule has 2 atom stereocenters. The van der Waals surface area contributed by atoms with Gasteiger partial charge in [-0.15, -0.1) is 0 Å². The summed E-state index contributed by atoms with van der Waals surface area (Å²) >= 11 is 3.02. The summed E-state index contributed by atoms with van der Waals surface area (Å²) in [6, 6.07) is 25.2. The highest BCUT2D eigenvalue weighted by Crippen LogP contribution is 2.56. The first-order valence-electron chi connectivity index (χ1n) is 16.7. The molecular weight excluding hydrogens is 729 g/mol. The number of benzene rings is 3. The van der Waals surface area contributed by atoms with Gasteiger partial charge in [-0.25, -0.2) is 4.48 Å². The van der Waals surface area contributed by atoms with Crippen LogP contribution in [-0.2, 0) is 33.3 Å². The van der Waals surface area contributed by atoms with Crippen LogP contribution in [0.2, 0.25) is 0 Å². The van der Waals surface area contributed by atoms with Crippen LogP contribution >= 0.6 is 23.1 Å². The second kappa shape index (κ2) is 14.0. The minimum Gasteiger partial charge on any atom is -0.293 e. The Morgan fingerprint density at radius 3 is 2.41 bits per heavy atom. The first kappa shape index (κ1) is 35.6. The molecule has 0 aliphatic carbocycles. The fraction of sp³-hybridized carbons (Fsp3) is 0.278. The number of aromatic nitrogens is 3. The molecule has 0 radical (unpaired) electrons. The smallest absolute Gasteiger partial charge is 0.293 e. The molecule has 3 aromatic carbocycles. The Balaban J connectivity index is 1.45. The van der Waals surface area contributed by atoms with Gasteiger partial charge in [-0.2, -0.15) is 21.4 Å². The number of aryl methyl sites for hydroxylation is 1. The normalized spacial score (nSPS) is 20.7. The summed E-state index contributed by atoms with van der Waals surface area (Å²) in [6.45, 7) is 3.30. The van der Waals surface area contributed by atoms with Crippen molar-refractivity contribution in [2.45, 2.75) is 56.0 Å². The highest BCUT2D eigenvalue weighted by Gasteiger charge is 2.57. The summed E-state index contributed by atoms with van der Waals surface area (Å²) in [4.78, 5) is 15.3. The molecule has 1 fully saturated rings. The number of para-hydroxylation sites is 3. The van der Waals surface area contributed by atoms with Gasteiger partial charge in [0.2, 0.25) is 10.9 Å². The third kappa shape index (κ3) is 6.67. The van der Waals surface area contributed by atoms with Crippen LogP contribution in [0.1, 0.15) is 37.6 Å². The van der Waals surface area contributed by atoms with Crippen molar-refractivity contribution in [3.63, 3.8) is 0 Å². The highest BCUT2D eigenvalue weighted by atomic mass is 32.2. The predicted octanol–water partition coefficient (Wildman–Crippen LogP) is 4.40. The van der Waals surface area contributed by atoms with E-state index in [1.165, 1.54) is 11.8 Å². The summed E-state index contributed by atoms with van der Waals surface area (Å²) < 4.78 is 74.8. The van der Waals surface area contributed by atoms with Gasteiger partial charge in [0.25, 0.3) is 20.7 Å². The number of hydrogen-bond acceptors (Lipinski definition) is 7. The lowest BCUT2D eigenvalue weighted by atomic mass is 10.2. The molecule has 266 valence electrons. The van der Waals surface area contributed by atoms with E-state index >= 15 is 0 Å². The maximum atomic E-state index is 14.4. The number of quaternary nitrogens is 1. The van der Waals surface area contributed by atoms with E-state index in [2.05, 4.69) is 4.57 Å². The molecule has 15 heteroatoms. The lowest BCUT2D eigenvalue weighted by molar-refractivity contribution is -0.669. The molecule has 0 saturated carbocycles.